The molecular weight excluding hydrogens is 214 g/mol. The van der Waals surface area contributed by atoms with Crippen LogP contribution in [0.3, 0.4) is 0 Å². The van der Waals surface area contributed by atoms with E-state index in [2.05, 4.69) is 6.92 Å². The third-order valence-electron chi connectivity index (χ3n) is 2.58. The van der Waals surface area contributed by atoms with Crippen LogP contribution in [0.1, 0.15) is 42.1 Å². The van der Waals surface area contributed by atoms with E-state index < -0.39 is 0 Å². The van der Waals surface area contributed by atoms with Crippen LogP contribution in [0, 0.1) is 0 Å². The smallest absolute Gasteiger partial charge is 0.338 e. The lowest BCUT2D eigenvalue weighted by Crippen LogP contribution is -2.08. The van der Waals surface area contributed by atoms with Gasteiger partial charge in [-0.2, -0.15) is 0 Å². The number of esters is 1. The maximum Gasteiger partial charge on any atom is 0.338 e. The van der Waals surface area contributed by atoms with Crippen molar-refractivity contribution in [3.63, 3.8) is 0 Å². The molecule has 3 heteroatoms. The van der Waals surface area contributed by atoms with Crippen molar-refractivity contribution < 1.29 is 9.53 Å². The third kappa shape index (κ3) is 5.00. The summed E-state index contributed by atoms with van der Waals surface area (Å²) in [5.41, 5.74) is 7.18. The van der Waals surface area contributed by atoms with Crippen molar-refractivity contribution in [2.75, 3.05) is 13.2 Å². The summed E-state index contributed by atoms with van der Waals surface area (Å²) in [7, 11) is 0. The van der Waals surface area contributed by atoms with Gasteiger partial charge in [0.25, 0.3) is 0 Å². The van der Waals surface area contributed by atoms with Crippen molar-refractivity contribution >= 4 is 5.97 Å². The number of carbonyl (C=O) groups excluding carboxylic acids is 1. The van der Waals surface area contributed by atoms with Gasteiger partial charge in [-0.3, -0.25) is 0 Å². The molecule has 0 aliphatic heterocycles. The van der Waals surface area contributed by atoms with Gasteiger partial charge < -0.3 is 10.5 Å². The summed E-state index contributed by atoms with van der Waals surface area (Å²) >= 11 is 0. The van der Waals surface area contributed by atoms with Gasteiger partial charge >= 0.3 is 5.97 Å². The van der Waals surface area contributed by atoms with Gasteiger partial charge in [-0.05, 0) is 37.1 Å². The van der Waals surface area contributed by atoms with Crippen molar-refractivity contribution in [1.82, 2.24) is 0 Å². The zero-order valence-electron chi connectivity index (χ0n) is 10.4. The van der Waals surface area contributed by atoms with Crippen LogP contribution >= 0.6 is 0 Å². The van der Waals surface area contributed by atoms with Crippen LogP contribution in [0.5, 0.6) is 0 Å². The molecule has 0 amide bonds. The van der Waals surface area contributed by atoms with Crippen LogP contribution in [-0.4, -0.2) is 19.1 Å². The second kappa shape index (κ2) is 7.85. The van der Waals surface area contributed by atoms with E-state index in [-0.39, 0.29) is 5.97 Å². The number of nitrogens with two attached hydrogens (primary N) is 1. The van der Waals surface area contributed by atoms with Gasteiger partial charge in [0.15, 0.2) is 0 Å². The molecule has 0 bridgehead atoms. The molecule has 1 aromatic rings. The highest BCUT2D eigenvalue weighted by molar-refractivity contribution is 5.89. The van der Waals surface area contributed by atoms with E-state index in [1.165, 1.54) is 0 Å². The Labute approximate surface area is 103 Å². The van der Waals surface area contributed by atoms with Gasteiger partial charge in [-0.25, -0.2) is 4.79 Å². The van der Waals surface area contributed by atoms with Crippen LogP contribution in [0.25, 0.3) is 0 Å². The van der Waals surface area contributed by atoms with Crippen LogP contribution in [0.15, 0.2) is 24.3 Å². The average molecular weight is 235 g/mol. The largest absolute Gasteiger partial charge is 0.462 e. The second-order valence-corrected chi connectivity index (χ2v) is 4.08. The lowest BCUT2D eigenvalue weighted by Gasteiger charge is -2.05. The molecular formula is C14H21NO2. The Morgan fingerprint density at radius 3 is 2.88 bits per heavy atom. The molecule has 0 saturated carbocycles. The molecule has 17 heavy (non-hydrogen) atoms. The molecule has 0 radical (unpaired) electrons. The monoisotopic (exact) mass is 235 g/mol. The van der Waals surface area contributed by atoms with E-state index in [9.17, 15) is 4.79 Å². The molecule has 0 spiro atoms. The van der Waals surface area contributed by atoms with E-state index in [4.69, 9.17) is 10.5 Å². The predicted octanol–water partition coefficient (Wildman–Crippen LogP) is 2.53. The molecule has 0 aromatic heterocycles. The number of ether oxygens (including phenoxy) is 1. The van der Waals surface area contributed by atoms with Crippen molar-refractivity contribution in [2.24, 2.45) is 5.73 Å². The summed E-state index contributed by atoms with van der Waals surface area (Å²) in [5.74, 6) is -0.236. The first kappa shape index (κ1) is 13.7. The molecule has 0 heterocycles. The summed E-state index contributed by atoms with van der Waals surface area (Å²) in [6.45, 7) is 3.22. The fourth-order valence-corrected chi connectivity index (χ4v) is 1.62. The minimum atomic E-state index is -0.236. The number of rotatable bonds is 7. The molecule has 3 nitrogen and oxygen atoms in total. The Morgan fingerprint density at radius 2 is 2.18 bits per heavy atom. The summed E-state index contributed by atoms with van der Waals surface area (Å²) < 4.78 is 5.19. The van der Waals surface area contributed by atoms with E-state index in [0.717, 1.165) is 31.2 Å². The normalized spacial score (nSPS) is 10.2. The first-order valence-corrected chi connectivity index (χ1v) is 6.24. The number of carbonyl (C=O) groups is 1. The summed E-state index contributed by atoms with van der Waals surface area (Å²) in [6.07, 6.45) is 3.95. The highest BCUT2D eigenvalue weighted by atomic mass is 16.5. The maximum atomic E-state index is 11.7. The predicted molar refractivity (Wildman–Crippen MR) is 69.0 cm³/mol. The first-order valence-electron chi connectivity index (χ1n) is 6.24. The molecule has 0 atom stereocenters. The van der Waals surface area contributed by atoms with Crippen LogP contribution in [-0.2, 0) is 11.2 Å². The molecule has 94 valence electrons. The van der Waals surface area contributed by atoms with Crippen molar-refractivity contribution in [2.45, 2.75) is 32.6 Å². The fraction of sp³-hybridized carbons (Fsp3) is 0.500. The van der Waals surface area contributed by atoms with Gasteiger partial charge in [-0.1, -0.05) is 31.9 Å². The molecule has 0 aliphatic carbocycles. The summed E-state index contributed by atoms with van der Waals surface area (Å²) in [6, 6.07) is 7.48. The topological polar surface area (TPSA) is 52.3 Å². The Morgan fingerprint density at radius 1 is 1.35 bits per heavy atom. The number of hydrogen-bond donors (Lipinski definition) is 1. The molecule has 1 rings (SSSR count). The van der Waals surface area contributed by atoms with E-state index in [0.29, 0.717) is 18.7 Å². The standard InChI is InChI=1S/C14H21NO2/c1-2-3-4-10-17-14(16)13-7-5-6-12(11-13)8-9-15/h5-7,11H,2-4,8-10,15H2,1H3. The second-order valence-electron chi connectivity index (χ2n) is 4.08. The minimum Gasteiger partial charge on any atom is -0.462 e. The zero-order chi connectivity index (χ0) is 12.5. The fourth-order valence-electron chi connectivity index (χ4n) is 1.62. The molecule has 2 N–H and O–H groups in total. The maximum absolute atomic E-state index is 11.7. The quantitative estimate of drug-likeness (QED) is 0.583. The van der Waals surface area contributed by atoms with Gasteiger partial charge in [0, 0.05) is 0 Å². The third-order valence-corrected chi connectivity index (χ3v) is 2.58. The number of hydrogen-bond acceptors (Lipinski definition) is 3. The molecule has 0 unspecified atom stereocenters. The molecule has 0 fully saturated rings. The van der Waals surface area contributed by atoms with Crippen molar-refractivity contribution in [3.8, 4) is 0 Å². The Kier molecular flexibility index (Phi) is 6.33. The number of unbranched alkanes of at least 4 members (excludes halogenated alkanes) is 2. The van der Waals surface area contributed by atoms with E-state index in [1.54, 1.807) is 6.07 Å². The first-order chi connectivity index (χ1) is 8.27. The Balaban J connectivity index is 2.47. The van der Waals surface area contributed by atoms with Gasteiger partial charge in [0.05, 0.1) is 12.2 Å². The van der Waals surface area contributed by atoms with E-state index >= 15 is 0 Å². The SMILES string of the molecule is CCCCCOC(=O)c1cccc(CCN)c1. The average Bonchev–Trinajstić information content (AvgIpc) is 2.35. The van der Waals surface area contributed by atoms with Crippen molar-refractivity contribution in [1.29, 1.82) is 0 Å². The lowest BCUT2D eigenvalue weighted by molar-refractivity contribution is 0.0498. The van der Waals surface area contributed by atoms with Crippen LogP contribution in [0.2, 0.25) is 0 Å². The lowest BCUT2D eigenvalue weighted by atomic mass is 10.1. The highest BCUT2D eigenvalue weighted by Crippen LogP contribution is 2.08. The Bertz CT molecular complexity index is 350. The molecule has 0 aliphatic rings. The minimum absolute atomic E-state index is 0.236. The Hall–Kier alpha value is -1.35. The summed E-state index contributed by atoms with van der Waals surface area (Å²) in [4.78, 5) is 11.7. The highest BCUT2D eigenvalue weighted by Gasteiger charge is 2.06. The number of benzene rings is 1. The van der Waals surface area contributed by atoms with Gasteiger partial charge in [0.2, 0.25) is 0 Å². The van der Waals surface area contributed by atoms with Crippen molar-refractivity contribution in [3.05, 3.63) is 35.4 Å². The van der Waals surface area contributed by atoms with Gasteiger partial charge in [-0.15, -0.1) is 0 Å². The van der Waals surface area contributed by atoms with Crippen LogP contribution in [0.4, 0.5) is 0 Å². The molecule has 1 aromatic carbocycles. The van der Waals surface area contributed by atoms with Gasteiger partial charge in [0.1, 0.15) is 0 Å². The van der Waals surface area contributed by atoms with E-state index in [1.807, 2.05) is 18.2 Å². The molecule has 0 saturated heterocycles. The summed E-state index contributed by atoms with van der Waals surface area (Å²) in [5, 5.41) is 0. The zero-order valence-corrected chi connectivity index (χ0v) is 10.4. The van der Waals surface area contributed by atoms with Crippen LogP contribution < -0.4 is 5.73 Å².